The summed E-state index contributed by atoms with van der Waals surface area (Å²) in [5.74, 6) is 1.43. The van der Waals surface area contributed by atoms with E-state index in [9.17, 15) is 0 Å². The summed E-state index contributed by atoms with van der Waals surface area (Å²) in [6, 6.07) is 11.2. The molecule has 4 heteroatoms. The molecule has 1 aromatic carbocycles. The molecule has 0 radical (unpaired) electrons. The Kier molecular flexibility index (Phi) is 8.73. The van der Waals surface area contributed by atoms with Crippen LogP contribution in [0.4, 0.5) is 0 Å². The van der Waals surface area contributed by atoms with E-state index in [2.05, 4.69) is 54.8 Å². The van der Waals surface area contributed by atoms with Crippen LogP contribution in [0.2, 0.25) is 0 Å². The van der Waals surface area contributed by atoms with Crippen molar-refractivity contribution in [3.05, 3.63) is 35.9 Å². The van der Waals surface area contributed by atoms with Crippen molar-refractivity contribution in [1.82, 2.24) is 10.6 Å². The van der Waals surface area contributed by atoms with Crippen molar-refractivity contribution < 1.29 is 0 Å². The molecule has 1 aromatic rings. The highest BCUT2D eigenvalue weighted by atomic mass is 127. The van der Waals surface area contributed by atoms with E-state index in [0.717, 1.165) is 19.0 Å². The van der Waals surface area contributed by atoms with Gasteiger partial charge in [-0.15, -0.1) is 24.0 Å². The van der Waals surface area contributed by atoms with Gasteiger partial charge >= 0.3 is 0 Å². The summed E-state index contributed by atoms with van der Waals surface area (Å²) < 4.78 is 0. The van der Waals surface area contributed by atoms with E-state index in [-0.39, 0.29) is 24.0 Å². The summed E-state index contributed by atoms with van der Waals surface area (Å²) in [6.07, 6.45) is 5.24. The smallest absolute Gasteiger partial charge is 0.191 e. The molecule has 0 heterocycles. The van der Waals surface area contributed by atoms with Crippen LogP contribution in [0.15, 0.2) is 35.3 Å². The predicted molar refractivity (Wildman–Crippen MR) is 102 cm³/mol. The molecule has 1 saturated carbocycles. The minimum absolute atomic E-state index is 0. The van der Waals surface area contributed by atoms with Crippen LogP contribution in [-0.4, -0.2) is 25.1 Å². The van der Waals surface area contributed by atoms with Gasteiger partial charge in [-0.1, -0.05) is 50.1 Å². The third-order valence-electron chi connectivity index (χ3n) is 3.93. The third-order valence-corrected chi connectivity index (χ3v) is 3.93. The van der Waals surface area contributed by atoms with E-state index in [1.807, 2.05) is 0 Å². The number of nitrogens with one attached hydrogen (secondary N) is 2. The molecule has 1 unspecified atom stereocenters. The first-order valence-electron chi connectivity index (χ1n) is 7.89. The largest absolute Gasteiger partial charge is 0.357 e. The van der Waals surface area contributed by atoms with E-state index >= 15 is 0 Å². The number of hydrogen-bond donors (Lipinski definition) is 2. The lowest BCUT2D eigenvalue weighted by atomic mass is 10.0. The molecule has 1 atom stereocenters. The highest BCUT2D eigenvalue weighted by Crippen LogP contribution is 2.18. The Bertz CT molecular complexity index is 413. The van der Waals surface area contributed by atoms with E-state index in [0.29, 0.717) is 12.0 Å². The quantitative estimate of drug-likeness (QED) is 0.446. The standard InChI is InChI=1S/C17H27N3.HI/c1-3-18-17(20-16-11-7-8-12-16)19-13-14(2)15-9-5-4-6-10-15;/h4-6,9-10,14,16H,3,7-8,11-13H2,1-2H3,(H2,18,19,20);1H. The number of hydrogen-bond acceptors (Lipinski definition) is 1. The van der Waals surface area contributed by atoms with E-state index < -0.39 is 0 Å². The molecule has 0 bridgehead atoms. The molecule has 1 fully saturated rings. The van der Waals surface area contributed by atoms with E-state index in [1.165, 1.54) is 31.2 Å². The van der Waals surface area contributed by atoms with Gasteiger partial charge in [0.25, 0.3) is 0 Å². The second-order valence-electron chi connectivity index (χ2n) is 5.66. The third kappa shape index (κ3) is 6.24. The summed E-state index contributed by atoms with van der Waals surface area (Å²) >= 11 is 0. The van der Waals surface area contributed by atoms with Gasteiger partial charge < -0.3 is 10.6 Å². The fourth-order valence-corrected chi connectivity index (χ4v) is 2.70. The molecule has 1 aliphatic carbocycles. The van der Waals surface area contributed by atoms with Gasteiger partial charge in [-0.05, 0) is 25.3 Å². The highest BCUT2D eigenvalue weighted by Gasteiger charge is 2.16. The van der Waals surface area contributed by atoms with Crippen molar-refractivity contribution in [1.29, 1.82) is 0 Å². The second kappa shape index (κ2) is 10.0. The zero-order chi connectivity index (χ0) is 14.2. The lowest BCUT2D eigenvalue weighted by Crippen LogP contribution is -2.42. The maximum atomic E-state index is 4.75. The second-order valence-corrected chi connectivity index (χ2v) is 5.66. The van der Waals surface area contributed by atoms with Crippen molar-refractivity contribution in [3.63, 3.8) is 0 Å². The molecular formula is C17H28IN3. The van der Waals surface area contributed by atoms with E-state index in [1.54, 1.807) is 0 Å². The molecular weight excluding hydrogens is 373 g/mol. The van der Waals surface area contributed by atoms with Crippen molar-refractivity contribution >= 4 is 29.9 Å². The predicted octanol–water partition coefficient (Wildman–Crippen LogP) is 3.91. The highest BCUT2D eigenvalue weighted by molar-refractivity contribution is 14.0. The summed E-state index contributed by atoms with van der Waals surface area (Å²) in [7, 11) is 0. The molecule has 3 nitrogen and oxygen atoms in total. The molecule has 2 N–H and O–H groups in total. The average Bonchev–Trinajstić information content (AvgIpc) is 2.98. The van der Waals surface area contributed by atoms with E-state index in [4.69, 9.17) is 4.99 Å². The molecule has 0 saturated heterocycles. The average molecular weight is 401 g/mol. The number of rotatable bonds is 5. The minimum atomic E-state index is 0. The van der Waals surface area contributed by atoms with Crippen molar-refractivity contribution in [2.75, 3.05) is 13.1 Å². The summed E-state index contributed by atoms with van der Waals surface area (Å²) in [5.41, 5.74) is 1.35. The topological polar surface area (TPSA) is 36.4 Å². The van der Waals surface area contributed by atoms with Gasteiger partial charge in [-0.25, -0.2) is 0 Å². The first-order valence-corrected chi connectivity index (χ1v) is 7.89. The minimum Gasteiger partial charge on any atom is -0.357 e. The number of benzene rings is 1. The number of nitrogens with zero attached hydrogens (tertiary/aromatic N) is 1. The molecule has 0 aromatic heterocycles. The zero-order valence-corrected chi connectivity index (χ0v) is 15.5. The van der Waals surface area contributed by atoms with Gasteiger partial charge in [-0.3, -0.25) is 4.99 Å². The van der Waals surface area contributed by atoms with Crippen LogP contribution < -0.4 is 10.6 Å². The van der Waals surface area contributed by atoms with Gasteiger partial charge in [0.1, 0.15) is 0 Å². The Labute approximate surface area is 146 Å². The molecule has 0 spiro atoms. The van der Waals surface area contributed by atoms with Crippen LogP contribution in [0, 0.1) is 0 Å². The van der Waals surface area contributed by atoms with Crippen LogP contribution in [0.5, 0.6) is 0 Å². The Morgan fingerprint density at radius 2 is 1.90 bits per heavy atom. The normalized spacial score (nSPS) is 17.1. The Morgan fingerprint density at radius 3 is 2.52 bits per heavy atom. The first kappa shape index (κ1) is 18.3. The van der Waals surface area contributed by atoms with Gasteiger partial charge in [0.05, 0.1) is 0 Å². The maximum Gasteiger partial charge on any atom is 0.191 e. The van der Waals surface area contributed by atoms with Crippen molar-refractivity contribution in [2.24, 2.45) is 4.99 Å². The van der Waals surface area contributed by atoms with Crippen LogP contribution in [-0.2, 0) is 0 Å². The lowest BCUT2D eigenvalue weighted by molar-refractivity contribution is 0.611. The van der Waals surface area contributed by atoms with Crippen LogP contribution in [0.3, 0.4) is 0 Å². The lowest BCUT2D eigenvalue weighted by Gasteiger charge is -2.17. The molecule has 0 amide bonds. The van der Waals surface area contributed by atoms with Gasteiger partial charge in [0, 0.05) is 25.0 Å². The van der Waals surface area contributed by atoms with Crippen LogP contribution in [0.25, 0.3) is 0 Å². The van der Waals surface area contributed by atoms with Crippen molar-refractivity contribution in [2.45, 2.75) is 51.5 Å². The Hall–Kier alpha value is -0.780. The van der Waals surface area contributed by atoms with Crippen LogP contribution >= 0.6 is 24.0 Å². The number of guanidine groups is 1. The molecule has 1 aliphatic rings. The molecule has 21 heavy (non-hydrogen) atoms. The SMILES string of the molecule is CCNC(=NCC(C)c1ccccc1)NC1CCCC1.I. The van der Waals surface area contributed by atoms with Crippen molar-refractivity contribution in [3.8, 4) is 0 Å². The Balaban J connectivity index is 0.00000220. The molecule has 2 rings (SSSR count). The van der Waals surface area contributed by atoms with Crippen LogP contribution in [0.1, 0.15) is 51.0 Å². The molecule has 118 valence electrons. The summed E-state index contributed by atoms with van der Waals surface area (Å²) in [5, 5.41) is 6.92. The fraction of sp³-hybridized carbons (Fsp3) is 0.588. The molecule has 0 aliphatic heterocycles. The van der Waals surface area contributed by atoms with Gasteiger partial charge in [0.2, 0.25) is 0 Å². The zero-order valence-electron chi connectivity index (χ0n) is 13.1. The first-order chi connectivity index (χ1) is 9.79. The van der Waals surface area contributed by atoms with Gasteiger partial charge in [-0.2, -0.15) is 0 Å². The number of aliphatic imine (C=N–C) groups is 1. The Morgan fingerprint density at radius 1 is 1.24 bits per heavy atom. The monoisotopic (exact) mass is 401 g/mol. The fourth-order valence-electron chi connectivity index (χ4n) is 2.70. The summed E-state index contributed by atoms with van der Waals surface area (Å²) in [4.78, 5) is 4.75. The maximum absolute atomic E-state index is 4.75. The van der Waals surface area contributed by atoms with Gasteiger partial charge in [0.15, 0.2) is 5.96 Å². The summed E-state index contributed by atoms with van der Waals surface area (Å²) in [6.45, 7) is 6.09. The number of halogens is 1.